The first-order valence-corrected chi connectivity index (χ1v) is 7.92. The molecule has 3 N–H and O–H groups in total. The van der Waals surface area contributed by atoms with Gasteiger partial charge in [-0.15, -0.1) is 11.3 Å². The van der Waals surface area contributed by atoms with Crippen molar-refractivity contribution in [1.82, 2.24) is 5.32 Å². The Morgan fingerprint density at radius 3 is 2.86 bits per heavy atom. The van der Waals surface area contributed by atoms with Crippen molar-refractivity contribution in [3.8, 4) is 0 Å². The van der Waals surface area contributed by atoms with Crippen molar-refractivity contribution < 1.29 is 4.79 Å². The Hall–Kier alpha value is -2.01. The highest BCUT2D eigenvalue weighted by Gasteiger charge is 2.26. The molecule has 1 aromatic carbocycles. The second kappa shape index (κ2) is 5.77. The van der Waals surface area contributed by atoms with Crippen LogP contribution in [-0.4, -0.2) is 26.0 Å². The second-order valence-corrected chi connectivity index (χ2v) is 6.32. The standard InChI is InChI=1S/C16H19N3OS/c1-18-16(20)15-13(17)9-14(21-15)19-8-7-12(10-19)11-5-3-2-4-6-11/h2-6,9,12H,7-8,10,17H2,1H3,(H,18,20). The predicted octanol–water partition coefficient (Wildman–Crippen LogP) is 2.68. The molecule has 1 aliphatic rings. The number of thiophene rings is 1. The van der Waals surface area contributed by atoms with Gasteiger partial charge in [0.25, 0.3) is 5.91 Å². The number of nitrogens with zero attached hydrogens (tertiary/aromatic N) is 1. The molecule has 1 unspecified atom stereocenters. The van der Waals surface area contributed by atoms with Gasteiger partial charge in [-0.25, -0.2) is 0 Å². The minimum absolute atomic E-state index is 0.109. The molecule has 110 valence electrons. The lowest BCUT2D eigenvalue weighted by atomic mass is 9.99. The summed E-state index contributed by atoms with van der Waals surface area (Å²) in [4.78, 5) is 14.7. The average molecular weight is 301 g/mol. The van der Waals surface area contributed by atoms with Crippen LogP contribution in [0.3, 0.4) is 0 Å². The van der Waals surface area contributed by atoms with Crippen molar-refractivity contribution in [2.24, 2.45) is 0 Å². The molecule has 3 rings (SSSR count). The molecule has 0 radical (unpaired) electrons. The number of carbonyl (C=O) groups excluding carboxylic acids is 1. The highest BCUT2D eigenvalue weighted by Crippen LogP contribution is 2.37. The van der Waals surface area contributed by atoms with E-state index in [0.717, 1.165) is 24.5 Å². The summed E-state index contributed by atoms with van der Waals surface area (Å²) in [5.41, 5.74) is 7.91. The summed E-state index contributed by atoms with van der Waals surface area (Å²) >= 11 is 1.48. The molecule has 0 saturated carbocycles. The fourth-order valence-corrected chi connectivity index (χ4v) is 3.86. The first-order valence-electron chi connectivity index (χ1n) is 7.10. The molecule has 1 atom stereocenters. The number of nitrogens with two attached hydrogens (primary N) is 1. The fourth-order valence-electron chi connectivity index (χ4n) is 2.80. The van der Waals surface area contributed by atoms with E-state index in [1.165, 1.54) is 16.9 Å². The van der Waals surface area contributed by atoms with E-state index in [1.54, 1.807) is 7.05 Å². The highest BCUT2D eigenvalue weighted by molar-refractivity contribution is 7.18. The molecule has 2 aromatic rings. The molecule has 4 nitrogen and oxygen atoms in total. The molecule has 1 fully saturated rings. The quantitative estimate of drug-likeness (QED) is 0.916. The van der Waals surface area contributed by atoms with E-state index in [-0.39, 0.29) is 5.91 Å². The number of anilines is 2. The van der Waals surface area contributed by atoms with Gasteiger partial charge in [0.15, 0.2) is 0 Å². The van der Waals surface area contributed by atoms with Crippen molar-refractivity contribution in [2.45, 2.75) is 12.3 Å². The summed E-state index contributed by atoms with van der Waals surface area (Å²) in [5, 5.41) is 3.72. The van der Waals surface area contributed by atoms with Crippen LogP contribution in [0.15, 0.2) is 36.4 Å². The molecule has 0 aliphatic carbocycles. The first-order chi connectivity index (χ1) is 10.2. The fraction of sp³-hybridized carbons (Fsp3) is 0.312. The number of amides is 1. The zero-order chi connectivity index (χ0) is 14.8. The summed E-state index contributed by atoms with van der Waals surface area (Å²) in [7, 11) is 1.63. The van der Waals surface area contributed by atoms with Crippen molar-refractivity contribution in [1.29, 1.82) is 0 Å². The van der Waals surface area contributed by atoms with Crippen LogP contribution >= 0.6 is 11.3 Å². The van der Waals surface area contributed by atoms with Crippen LogP contribution in [0.5, 0.6) is 0 Å². The van der Waals surface area contributed by atoms with Crippen LogP contribution in [-0.2, 0) is 0 Å². The van der Waals surface area contributed by atoms with Gasteiger partial charge in [-0.1, -0.05) is 30.3 Å². The summed E-state index contributed by atoms with van der Waals surface area (Å²) in [6.07, 6.45) is 1.14. The van der Waals surface area contributed by atoms with Gasteiger partial charge in [0, 0.05) is 26.1 Å². The molecular formula is C16H19N3OS. The SMILES string of the molecule is CNC(=O)c1sc(N2CCC(c3ccccc3)C2)cc1N. The van der Waals surface area contributed by atoms with Crippen LogP contribution in [0.4, 0.5) is 10.7 Å². The summed E-state index contributed by atoms with van der Waals surface area (Å²) in [6.45, 7) is 1.99. The number of carbonyl (C=O) groups is 1. The summed E-state index contributed by atoms with van der Waals surface area (Å²) in [5.74, 6) is 0.445. The number of hydrogen-bond donors (Lipinski definition) is 2. The number of nitrogens with one attached hydrogen (secondary N) is 1. The zero-order valence-electron chi connectivity index (χ0n) is 12.0. The molecule has 2 heterocycles. The maximum absolute atomic E-state index is 11.7. The van der Waals surface area contributed by atoms with Crippen LogP contribution in [0, 0.1) is 0 Å². The van der Waals surface area contributed by atoms with E-state index in [4.69, 9.17) is 5.73 Å². The Kier molecular flexibility index (Phi) is 3.84. The largest absolute Gasteiger partial charge is 0.397 e. The second-order valence-electron chi connectivity index (χ2n) is 5.29. The molecule has 1 aromatic heterocycles. The lowest BCUT2D eigenvalue weighted by Gasteiger charge is -2.16. The third-order valence-electron chi connectivity index (χ3n) is 3.95. The van der Waals surface area contributed by atoms with Gasteiger partial charge in [0.05, 0.1) is 10.7 Å². The van der Waals surface area contributed by atoms with Gasteiger partial charge in [-0.3, -0.25) is 4.79 Å². The number of benzene rings is 1. The number of nitrogen functional groups attached to an aromatic ring is 1. The Morgan fingerprint density at radius 2 is 2.14 bits per heavy atom. The Labute approximate surface area is 128 Å². The highest BCUT2D eigenvalue weighted by atomic mass is 32.1. The van der Waals surface area contributed by atoms with E-state index in [9.17, 15) is 4.79 Å². The van der Waals surface area contributed by atoms with Crippen molar-refractivity contribution in [3.05, 3.63) is 46.8 Å². The molecule has 0 spiro atoms. The third kappa shape index (κ3) is 2.74. The molecule has 5 heteroatoms. The van der Waals surface area contributed by atoms with Gasteiger partial charge in [-0.2, -0.15) is 0 Å². The minimum Gasteiger partial charge on any atom is -0.397 e. The van der Waals surface area contributed by atoms with Crippen LogP contribution in [0.1, 0.15) is 27.6 Å². The lowest BCUT2D eigenvalue weighted by molar-refractivity contribution is 0.0968. The van der Waals surface area contributed by atoms with Crippen molar-refractivity contribution in [3.63, 3.8) is 0 Å². The Morgan fingerprint density at radius 1 is 1.38 bits per heavy atom. The zero-order valence-corrected chi connectivity index (χ0v) is 12.8. The molecule has 0 bridgehead atoms. The third-order valence-corrected chi connectivity index (χ3v) is 5.16. The molecule has 21 heavy (non-hydrogen) atoms. The van der Waals surface area contributed by atoms with Gasteiger partial charge in [0.1, 0.15) is 4.88 Å². The normalized spacial score (nSPS) is 18.0. The maximum atomic E-state index is 11.7. The van der Waals surface area contributed by atoms with E-state index in [2.05, 4.69) is 34.5 Å². The van der Waals surface area contributed by atoms with E-state index >= 15 is 0 Å². The lowest BCUT2D eigenvalue weighted by Crippen LogP contribution is -2.18. The van der Waals surface area contributed by atoms with Crippen LogP contribution in [0.2, 0.25) is 0 Å². The first kappa shape index (κ1) is 13.9. The van der Waals surface area contributed by atoms with Crippen molar-refractivity contribution in [2.75, 3.05) is 30.8 Å². The minimum atomic E-state index is -0.109. The predicted molar refractivity (Wildman–Crippen MR) is 88.1 cm³/mol. The van der Waals surface area contributed by atoms with Crippen LogP contribution in [0.25, 0.3) is 0 Å². The van der Waals surface area contributed by atoms with Gasteiger partial charge in [0.2, 0.25) is 0 Å². The number of rotatable bonds is 3. The molecule has 1 aliphatic heterocycles. The molecule has 1 amide bonds. The molecule has 1 saturated heterocycles. The van der Waals surface area contributed by atoms with Gasteiger partial charge < -0.3 is 16.0 Å². The Balaban J connectivity index is 1.76. The summed E-state index contributed by atoms with van der Waals surface area (Å²) in [6, 6.07) is 12.5. The monoisotopic (exact) mass is 301 g/mol. The van der Waals surface area contributed by atoms with Gasteiger partial charge in [-0.05, 0) is 18.1 Å². The van der Waals surface area contributed by atoms with E-state index < -0.39 is 0 Å². The van der Waals surface area contributed by atoms with Crippen LogP contribution < -0.4 is 16.0 Å². The smallest absolute Gasteiger partial charge is 0.263 e. The van der Waals surface area contributed by atoms with Gasteiger partial charge >= 0.3 is 0 Å². The number of hydrogen-bond acceptors (Lipinski definition) is 4. The van der Waals surface area contributed by atoms with E-state index in [0.29, 0.717) is 16.5 Å². The summed E-state index contributed by atoms with van der Waals surface area (Å²) < 4.78 is 0. The Bertz CT molecular complexity index is 638. The maximum Gasteiger partial charge on any atom is 0.263 e. The van der Waals surface area contributed by atoms with E-state index in [1.807, 2.05) is 12.1 Å². The topological polar surface area (TPSA) is 58.4 Å². The van der Waals surface area contributed by atoms with Crippen molar-refractivity contribution >= 4 is 27.9 Å². The molecular weight excluding hydrogens is 282 g/mol. The average Bonchev–Trinajstić information content (AvgIpc) is 3.14.